The number of para-hydroxylation sites is 1. The summed E-state index contributed by atoms with van der Waals surface area (Å²) in [5.74, 6) is 0.837. The second-order valence-corrected chi connectivity index (χ2v) is 6.81. The van der Waals surface area contributed by atoms with Crippen molar-refractivity contribution in [3.8, 4) is 17.1 Å². The molecule has 1 aliphatic heterocycles. The van der Waals surface area contributed by atoms with E-state index < -0.39 is 11.3 Å². The van der Waals surface area contributed by atoms with Crippen molar-refractivity contribution in [2.24, 2.45) is 0 Å². The number of benzene rings is 2. The van der Waals surface area contributed by atoms with Gasteiger partial charge >= 0.3 is 0 Å². The fourth-order valence-corrected chi connectivity index (χ4v) is 3.45. The summed E-state index contributed by atoms with van der Waals surface area (Å²) in [6.45, 7) is 0.853. The van der Waals surface area contributed by atoms with Crippen LogP contribution in [0.2, 0.25) is 0 Å². The molecular formula is C19H20N4O5. The molecule has 9 heteroatoms. The third kappa shape index (κ3) is 3.75. The van der Waals surface area contributed by atoms with Gasteiger partial charge in [0, 0.05) is 36.3 Å². The molecular weight excluding hydrogens is 364 g/mol. The van der Waals surface area contributed by atoms with Crippen molar-refractivity contribution in [3.05, 3.63) is 65.2 Å². The lowest BCUT2D eigenvalue weighted by Gasteiger charge is -2.21. The molecule has 0 radical (unpaired) electrons. The minimum atomic E-state index is -1.03. The van der Waals surface area contributed by atoms with E-state index in [4.69, 9.17) is 9.73 Å². The molecule has 1 aromatic heterocycles. The minimum absolute atomic E-state index is 0.140. The highest BCUT2D eigenvalue weighted by Gasteiger charge is 2.36. The van der Waals surface area contributed by atoms with Crippen LogP contribution in [0.1, 0.15) is 23.9 Å². The number of hydrogen-bond donors (Lipinski definition) is 4. The number of quaternary nitrogens is 1. The molecule has 4 N–H and O–H groups in total. The predicted octanol–water partition coefficient (Wildman–Crippen LogP) is 1.15. The Morgan fingerprint density at radius 3 is 2.82 bits per heavy atom. The zero-order chi connectivity index (χ0) is 19.7. The lowest BCUT2D eigenvalue weighted by Crippen LogP contribution is -2.99. The summed E-state index contributed by atoms with van der Waals surface area (Å²) in [6, 6.07) is 13.1. The monoisotopic (exact) mass is 384 g/mol. The van der Waals surface area contributed by atoms with E-state index in [1.54, 1.807) is 24.3 Å². The second kappa shape index (κ2) is 7.66. The molecule has 1 aliphatic rings. The zero-order valence-corrected chi connectivity index (χ0v) is 14.9. The van der Waals surface area contributed by atoms with Crippen molar-refractivity contribution >= 4 is 5.69 Å². The number of phenolic OH excluding ortho intramolecular Hbond substituents is 1. The molecule has 2 heterocycles. The number of nitrogens with one attached hydrogen (secondary N) is 1. The average Bonchev–Trinajstić information content (AvgIpc) is 3.30. The largest absolute Gasteiger partial charge is 0.595 e. The molecule has 0 spiro atoms. The fourth-order valence-electron chi connectivity index (χ4n) is 3.45. The van der Waals surface area contributed by atoms with Gasteiger partial charge in [0.15, 0.2) is 5.69 Å². The van der Waals surface area contributed by atoms with Gasteiger partial charge in [-0.1, -0.05) is 35.5 Å². The van der Waals surface area contributed by atoms with Gasteiger partial charge in [-0.2, -0.15) is 10.2 Å². The van der Waals surface area contributed by atoms with E-state index in [2.05, 4.69) is 10.1 Å². The minimum Gasteiger partial charge on any atom is -0.595 e. The van der Waals surface area contributed by atoms with Crippen LogP contribution in [-0.4, -0.2) is 43.1 Å². The van der Waals surface area contributed by atoms with Crippen LogP contribution in [0.5, 0.6) is 5.75 Å². The number of hydrogen-bond acceptors (Lipinski definition) is 8. The Balaban J connectivity index is 1.58. The van der Waals surface area contributed by atoms with Gasteiger partial charge in [-0.15, -0.1) is 0 Å². The van der Waals surface area contributed by atoms with Crippen LogP contribution in [0.25, 0.3) is 11.4 Å². The summed E-state index contributed by atoms with van der Waals surface area (Å²) < 4.78 is 5.43. The molecule has 1 fully saturated rings. The van der Waals surface area contributed by atoms with Gasteiger partial charge < -0.3 is 19.9 Å². The normalized spacial score (nSPS) is 21.1. The average molecular weight is 384 g/mol. The van der Waals surface area contributed by atoms with Gasteiger partial charge in [-0.25, -0.2) is 5.21 Å². The highest BCUT2D eigenvalue weighted by atomic mass is 16.8. The highest BCUT2D eigenvalue weighted by Crippen LogP contribution is 2.34. The van der Waals surface area contributed by atoms with E-state index in [0.717, 1.165) is 5.56 Å². The Morgan fingerprint density at radius 2 is 2.04 bits per heavy atom. The summed E-state index contributed by atoms with van der Waals surface area (Å²) in [5, 5.41) is 43.4. The Kier molecular flexibility index (Phi) is 5.07. The Hall–Kier alpha value is -2.82. The van der Waals surface area contributed by atoms with E-state index in [9.17, 15) is 15.4 Å². The van der Waals surface area contributed by atoms with Crippen molar-refractivity contribution in [3.63, 3.8) is 0 Å². The van der Waals surface area contributed by atoms with Gasteiger partial charge in [0.2, 0.25) is 11.7 Å². The van der Waals surface area contributed by atoms with Crippen LogP contribution in [0, 0.1) is 5.21 Å². The smallest absolute Gasteiger partial charge is 0.244 e. The standard InChI is InChI=1S/C19H20N4O5/c24-15-9-16(22(11-15)10-13-4-1-2-7-17(13)25)19-20-18(21-28-19)12-5-3-6-14(8-12)23(26)27/h1-8,15-16,23-26H,9-11H2/t15-,16+/m1/s1. The van der Waals surface area contributed by atoms with Crippen molar-refractivity contribution in [2.45, 2.75) is 25.1 Å². The Morgan fingerprint density at radius 1 is 1.21 bits per heavy atom. The molecule has 2 aromatic carbocycles. The molecule has 0 saturated carbocycles. The number of rotatable bonds is 5. The van der Waals surface area contributed by atoms with Crippen molar-refractivity contribution in [1.82, 2.24) is 15.0 Å². The number of phenols is 1. The van der Waals surface area contributed by atoms with Crippen molar-refractivity contribution in [1.29, 1.82) is 0 Å². The van der Waals surface area contributed by atoms with Crippen molar-refractivity contribution < 1.29 is 25.2 Å². The Labute approximate surface area is 160 Å². The maximum absolute atomic E-state index is 11.2. The van der Waals surface area contributed by atoms with E-state index in [1.165, 1.54) is 12.1 Å². The van der Waals surface area contributed by atoms with E-state index >= 15 is 0 Å². The zero-order valence-electron chi connectivity index (χ0n) is 14.9. The quantitative estimate of drug-likeness (QED) is 0.482. The molecule has 28 heavy (non-hydrogen) atoms. The first kappa shape index (κ1) is 18.5. The lowest BCUT2D eigenvalue weighted by molar-refractivity contribution is -0.991. The van der Waals surface area contributed by atoms with Gasteiger partial charge in [-0.05, 0) is 12.5 Å². The van der Waals surface area contributed by atoms with Crippen LogP contribution in [0.4, 0.5) is 5.69 Å². The lowest BCUT2D eigenvalue weighted by atomic mass is 10.1. The van der Waals surface area contributed by atoms with Crippen LogP contribution >= 0.6 is 0 Å². The first-order valence-corrected chi connectivity index (χ1v) is 8.87. The molecule has 0 bridgehead atoms. The SMILES string of the molecule is [O-][NH+](O)c1cccc(-c2noc([C@@H]3C[C@@H](O)CN3Cc3ccccc3O)n2)c1. The molecule has 1 unspecified atom stereocenters. The van der Waals surface area contributed by atoms with Crippen LogP contribution in [-0.2, 0) is 6.54 Å². The summed E-state index contributed by atoms with van der Waals surface area (Å²) in [4.78, 5) is 6.40. The van der Waals surface area contributed by atoms with Crippen LogP contribution in [0.15, 0.2) is 53.1 Å². The Bertz CT molecular complexity index is 961. The van der Waals surface area contributed by atoms with Gasteiger partial charge in [-0.3, -0.25) is 4.90 Å². The van der Waals surface area contributed by atoms with Gasteiger partial charge in [0.05, 0.1) is 12.1 Å². The van der Waals surface area contributed by atoms with E-state index in [1.807, 2.05) is 17.0 Å². The summed E-state index contributed by atoms with van der Waals surface area (Å²) in [7, 11) is 0. The predicted molar refractivity (Wildman–Crippen MR) is 97.4 cm³/mol. The van der Waals surface area contributed by atoms with Crippen molar-refractivity contribution in [2.75, 3.05) is 6.54 Å². The molecule has 9 nitrogen and oxygen atoms in total. The molecule has 0 aliphatic carbocycles. The maximum atomic E-state index is 11.2. The van der Waals surface area contributed by atoms with Crippen LogP contribution in [0.3, 0.4) is 0 Å². The number of aromatic nitrogens is 2. The summed E-state index contributed by atoms with van der Waals surface area (Å²) in [5.41, 5.74) is 1.43. The summed E-state index contributed by atoms with van der Waals surface area (Å²) in [6.07, 6.45) is -0.105. The highest BCUT2D eigenvalue weighted by molar-refractivity contribution is 5.58. The molecule has 0 amide bonds. The first-order valence-electron chi connectivity index (χ1n) is 8.87. The van der Waals surface area contributed by atoms with Crippen LogP contribution < -0.4 is 5.23 Å². The number of likely N-dealkylation sites (tertiary alicyclic amines) is 1. The van der Waals surface area contributed by atoms with E-state index in [0.29, 0.717) is 36.8 Å². The third-order valence-corrected chi connectivity index (χ3v) is 4.84. The number of aliphatic hydroxyl groups excluding tert-OH is 1. The molecule has 3 aromatic rings. The molecule has 146 valence electrons. The molecule has 1 saturated heterocycles. The van der Waals surface area contributed by atoms with Gasteiger partial charge in [0.25, 0.3) is 0 Å². The number of aromatic hydroxyl groups is 1. The second-order valence-electron chi connectivity index (χ2n) is 6.81. The number of nitrogens with zero attached hydrogens (tertiary/aromatic N) is 3. The molecule has 4 rings (SSSR count). The molecule has 3 atom stereocenters. The first-order chi connectivity index (χ1) is 13.5. The summed E-state index contributed by atoms with van der Waals surface area (Å²) >= 11 is 0. The topological polar surface area (TPSA) is 130 Å². The third-order valence-electron chi connectivity index (χ3n) is 4.84. The van der Waals surface area contributed by atoms with Gasteiger partial charge in [0.1, 0.15) is 5.75 Å². The number of β-amino-alcohol motifs (C(OH)–C–C–N with tert-alkyl or cyclic N) is 1. The fraction of sp³-hybridized carbons (Fsp3) is 0.263. The maximum Gasteiger partial charge on any atom is 0.244 e. The van der Waals surface area contributed by atoms with E-state index in [-0.39, 0.29) is 17.5 Å². The number of aliphatic hydroxyl groups is 1.